The van der Waals surface area contributed by atoms with Crippen molar-refractivity contribution in [3.05, 3.63) is 66.0 Å². The Morgan fingerprint density at radius 2 is 2.06 bits per heavy atom. The first-order chi connectivity index (χ1) is 14.8. The van der Waals surface area contributed by atoms with Gasteiger partial charge in [-0.25, -0.2) is 33.4 Å². The van der Waals surface area contributed by atoms with Crippen molar-refractivity contribution in [2.24, 2.45) is 0 Å². The van der Waals surface area contributed by atoms with Crippen molar-refractivity contribution in [3.63, 3.8) is 0 Å². The van der Waals surface area contributed by atoms with E-state index in [1.807, 2.05) is 6.92 Å². The van der Waals surface area contributed by atoms with Crippen molar-refractivity contribution < 1.29 is 13.9 Å². The van der Waals surface area contributed by atoms with Gasteiger partial charge in [-0.2, -0.15) is 9.47 Å². The second-order valence-corrected chi connectivity index (χ2v) is 9.15. The summed E-state index contributed by atoms with van der Waals surface area (Å²) in [6, 6.07) is 4.87. The minimum Gasteiger partial charge on any atom is -0.382 e. The fraction of sp³-hybridized carbons (Fsp3) is 0.263. The van der Waals surface area contributed by atoms with Gasteiger partial charge in [-0.1, -0.05) is 17.8 Å². The molecular formula is C19H17F2N7OS2. The molecule has 8 nitrogen and oxygen atoms in total. The van der Waals surface area contributed by atoms with E-state index in [4.69, 9.17) is 0 Å². The number of aryl methyl sites for hydroxylation is 1. The number of nitrogens with zero attached hydrogens (tertiary/aromatic N) is 7. The lowest BCUT2D eigenvalue weighted by Gasteiger charge is -2.33. The number of benzene rings is 1. The molecule has 3 aromatic heterocycles. The van der Waals surface area contributed by atoms with Crippen molar-refractivity contribution in [2.45, 2.75) is 35.6 Å². The molecule has 0 aliphatic rings. The molecule has 0 aliphatic heterocycles. The summed E-state index contributed by atoms with van der Waals surface area (Å²) >= 11 is 2.34. The van der Waals surface area contributed by atoms with Crippen molar-refractivity contribution in [1.29, 1.82) is 0 Å². The fourth-order valence-electron chi connectivity index (χ4n) is 2.99. The number of hydrogen-bond acceptors (Lipinski definition) is 9. The molecule has 160 valence electrons. The van der Waals surface area contributed by atoms with Crippen LogP contribution < -0.4 is 0 Å². The summed E-state index contributed by atoms with van der Waals surface area (Å²) in [6.45, 7) is 3.49. The van der Waals surface area contributed by atoms with Crippen LogP contribution in [0, 0.1) is 18.6 Å². The number of aromatic nitrogens is 7. The van der Waals surface area contributed by atoms with Gasteiger partial charge < -0.3 is 5.11 Å². The van der Waals surface area contributed by atoms with Crippen molar-refractivity contribution >= 4 is 23.3 Å². The zero-order chi connectivity index (χ0) is 22.0. The highest BCUT2D eigenvalue weighted by molar-refractivity contribution is 8.01. The zero-order valence-corrected chi connectivity index (χ0v) is 18.1. The first-order valence-electron chi connectivity index (χ1n) is 9.16. The van der Waals surface area contributed by atoms with E-state index in [2.05, 4.69) is 29.4 Å². The van der Waals surface area contributed by atoms with Gasteiger partial charge in [-0.15, -0.1) is 0 Å². The smallest absolute Gasteiger partial charge is 0.211 e. The standard InChI is InChI=1S/C19H17F2N7OS2/c1-11-5-6-23-16(25-11)17-26-18(31-27-17)30-12(2)19(29,8-28-10-22-9-24-28)14-4-3-13(20)7-15(14)21/h3-7,9-10,12,29H,8H2,1-2H3/t12-,19?/m1/s1. The SMILES string of the molecule is Cc1ccnc(-c2nsc(S[C@H](C)C(O)(Cn3cncn3)c3ccc(F)cc3F)n2)n1. The van der Waals surface area contributed by atoms with E-state index in [0.29, 0.717) is 16.0 Å². The zero-order valence-electron chi connectivity index (χ0n) is 16.5. The maximum Gasteiger partial charge on any atom is 0.211 e. The summed E-state index contributed by atoms with van der Waals surface area (Å²) in [6.07, 6.45) is 4.36. The Morgan fingerprint density at radius 1 is 1.23 bits per heavy atom. The molecule has 0 bridgehead atoms. The molecule has 1 unspecified atom stereocenters. The van der Waals surface area contributed by atoms with Crippen LogP contribution in [-0.2, 0) is 12.1 Å². The lowest BCUT2D eigenvalue weighted by Crippen LogP contribution is -2.41. The van der Waals surface area contributed by atoms with E-state index >= 15 is 0 Å². The van der Waals surface area contributed by atoms with Gasteiger partial charge in [0.25, 0.3) is 0 Å². The van der Waals surface area contributed by atoms with Crippen LogP contribution in [0.1, 0.15) is 18.2 Å². The van der Waals surface area contributed by atoms with Crippen molar-refractivity contribution in [2.75, 3.05) is 0 Å². The molecule has 0 spiro atoms. The number of halogens is 2. The summed E-state index contributed by atoms with van der Waals surface area (Å²) < 4.78 is 34.3. The van der Waals surface area contributed by atoms with E-state index in [9.17, 15) is 13.9 Å². The van der Waals surface area contributed by atoms with Gasteiger partial charge in [0.1, 0.15) is 29.9 Å². The highest BCUT2D eigenvalue weighted by Crippen LogP contribution is 2.40. The van der Waals surface area contributed by atoms with Gasteiger partial charge in [0.15, 0.2) is 10.2 Å². The molecule has 1 aromatic carbocycles. The highest BCUT2D eigenvalue weighted by Gasteiger charge is 2.40. The predicted molar refractivity (Wildman–Crippen MR) is 111 cm³/mol. The first kappa shape index (κ1) is 21.4. The summed E-state index contributed by atoms with van der Waals surface area (Å²) in [4.78, 5) is 16.8. The molecule has 1 N–H and O–H groups in total. The quantitative estimate of drug-likeness (QED) is 0.419. The summed E-state index contributed by atoms with van der Waals surface area (Å²) in [5.74, 6) is -0.799. The van der Waals surface area contributed by atoms with E-state index in [1.165, 1.54) is 35.2 Å². The summed E-state index contributed by atoms with van der Waals surface area (Å²) in [5, 5.41) is 15.0. The van der Waals surface area contributed by atoms with E-state index in [1.54, 1.807) is 19.2 Å². The number of hydrogen-bond donors (Lipinski definition) is 1. The molecule has 0 amide bonds. The third-order valence-corrected chi connectivity index (χ3v) is 6.68. The Bertz CT molecular complexity index is 1190. The Hall–Kier alpha value is -2.83. The van der Waals surface area contributed by atoms with E-state index < -0.39 is 22.5 Å². The average molecular weight is 462 g/mol. The normalized spacial score (nSPS) is 14.4. The molecule has 0 fully saturated rings. The fourth-order valence-corrected chi connectivity index (χ4v) is 4.96. The van der Waals surface area contributed by atoms with Gasteiger partial charge in [0.05, 0.1) is 6.54 Å². The van der Waals surface area contributed by atoms with Gasteiger partial charge >= 0.3 is 0 Å². The van der Waals surface area contributed by atoms with Crippen LogP contribution in [0.4, 0.5) is 8.78 Å². The maximum absolute atomic E-state index is 14.6. The third kappa shape index (κ3) is 4.60. The largest absolute Gasteiger partial charge is 0.382 e. The highest BCUT2D eigenvalue weighted by atomic mass is 32.2. The molecule has 2 atom stereocenters. The van der Waals surface area contributed by atoms with Crippen LogP contribution in [0.2, 0.25) is 0 Å². The van der Waals surface area contributed by atoms with Crippen LogP contribution >= 0.6 is 23.3 Å². The first-order valence-corrected chi connectivity index (χ1v) is 10.8. The molecule has 4 aromatic rings. The molecule has 0 aliphatic carbocycles. The number of aliphatic hydroxyl groups is 1. The van der Waals surface area contributed by atoms with Gasteiger partial charge in [-0.05, 0) is 37.5 Å². The Labute approximate surface area is 184 Å². The third-order valence-electron chi connectivity index (χ3n) is 4.62. The second-order valence-electron chi connectivity index (χ2n) is 6.81. The minimum atomic E-state index is -1.73. The lowest BCUT2D eigenvalue weighted by molar-refractivity contribution is 0.0133. The van der Waals surface area contributed by atoms with Gasteiger partial charge in [-0.3, -0.25) is 0 Å². The topological polar surface area (TPSA) is 102 Å². The maximum atomic E-state index is 14.6. The van der Waals surface area contributed by atoms with E-state index in [0.717, 1.165) is 29.4 Å². The van der Waals surface area contributed by atoms with Crippen LogP contribution in [0.15, 0.2) is 47.5 Å². The van der Waals surface area contributed by atoms with Crippen LogP contribution in [0.25, 0.3) is 11.6 Å². The molecule has 0 radical (unpaired) electrons. The Morgan fingerprint density at radius 3 is 2.77 bits per heavy atom. The molecule has 0 saturated carbocycles. The van der Waals surface area contributed by atoms with Crippen molar-refractivity contribution in [1.82, 2.24) is 34.1 Å². The molecular weight excluding hydrogens is 444 g/mol. The van der Waals surface area contributed by atoms with Crippen LogP contribution in [0.5, 0.6) is 0 Å². The Kier molecular flexibility index (Phi) is 6.03. The lowest BCUT2D eigenvalue weighted by atomic mass is 9.90. The summed E-state index contributed by atoms with van der Waals surface area (Å²) in [7, 11) is 0. The minimum absolute atomic E-state index is 0.0452. The van der Waals surface area contributed by atoms with E-state index in [-0.39, 0.29) is 12.1 Å². The Balaban J connectivity index is 1.64. The van der Waals surface area contributed by atoms with Gasteiger partial charge in [0, 0.05) is 28.8 Å². The number of rotatable bonds is 7. The summed E-state index contributed by atoms with van der Waals surface area (Å²) in [5.41, 5.74) is -0.991. The van der Waals surface area contributed by atoms with Gasteiger partial charge in [0.2, 0.25) is 5.82 Å². The molecule has 12 heteroatoms. The average Bonchev–Trinajstić information content (AvgIpc) is 3.40. The molecule has 31 heavy (non-hydrogen) atoms. The molecule has 4 rings (SSSR count). The second kappa shape index (κ2) is 8.73. The van der Waals surface area contributed by atoms with Crippen molar-refractivity contribution in [3.8, 4) is 11.6 Å². The molecule has 3 heterocycles. The van der Waals surface area contributed by atoms with Crippen LogP contribution in [0.3, 0.4) is 0 Å². The van der Waals surface area contributed by atoms with Crippen LogP contribution in [-0.4, -0.2) is 44.4 Å². The predicted octanol–water partition coefficient (Wildman–Crippen LogP) is 3.24. The molecule has 0 saturated heterocycles. The number of thioether (sulfide) groups is 1. The monoisotopic (exact) mass is 461 g/mol.